The Labute approximate surface area is 163 Å². The standard InChI is InChI=1S/C18H19F6N3O2/c1-3-27(4-2)16-25-8-7-14(26-16)13-9-12(28-10-17(19,20)21)5-6-15(13)29-11-18(22,23)24/h5-9H,3-4,10-11H2,1-2H3. The number of alkyl halides is 6. The zero-order valence-corrected chi connectivity index (χ0v) is 15.6. The van der Waals surface area contributed by atoms with E-state index in [-0.39, 0.29) is 22.8 Å². The Morgan fingerprint density at radius 3 is 2.10 bits per heavy atom. The first-order chi connectivity index (χ1) is 13.5. The van der Waals surface area contributed by atoms with Crippen molar-refractivity contribution in [1.29, 1.82) is 0 Å². The summed E-state index contributed by atoms with van der Waals surface area (Å²) in [6, 6.07) is 4.81. The zero-order chi connectivity index (χ0) is 21.7. The molecule has 1 aromatic heterocycles. The molecule has 2 aromatic rings. The van der Waals surface area contributed by atoms with Crippen molar-refractivity contribution in [3.8, 4) is 22.8 Å². The summed E-state index contributed by atoms with van der Waals surface area (Å²) in [6.45, 7) is 1.84. The number of hydrogen-bond acceptors (Lipinski definition) is 5. The Morgan fingerprint density at radius 1 is 0.897 bits per heavy atom. The second-order valence-corrected chi connectivity index (χ2v) is 5.88. The molecule has 0 aliphatic carbocycles. The molecule has 0 bridgehead atoms. The van der Waals surface area contributed by atoms with Gasteiger partial charge in [0.1, 0.15) is 11.5 Å². The molecular formula is C18H19F6N3O2. The van der Waals surface area contributed by atoms with Crippen LogP contribution in [0.4, 0.5) is 32.3 Å². The molecule has 0 unspecified atom stereocenters. The first kappa shape index (κ1) is 22.6. The fourth-order valence-corrected chi connectivity index (χ4v) is 2.41. The number of anilines is 1. The fourth-order valence-electron chi connectivity index (χ4n) is 2.41. The summed E-state index contributed by atoms with van der Waals surface area (Å²) in [5, 5.41) is 0. The monoisotopic (exact) mass is 423 g/mol. The molecule has 0 amide bonds. The minimum Gasteiger partial charge on any atom is -0.484 e. The van der Waals surface area contributed by atoms with E-state index in [4.69, 9.17) is 9.47 Å². The van der Waals surface area contributed by atoms with E-state index in [0.29, 0.717) is 19.0 Å². The lowest BCUT2D eigenvalue weighted by Gasteiger charge is -2.19. The molecule has 0 spiro atoms. The van der Waals surface area contributed by atoms with E-state index in [0.717, 1.165) is 18.2 Å². The van der Waals surface area contributed by atoms with Crippen LogP contribution in [0.25, 0.3) is 11.3 Å². The van der Waals surface area contributed by atoms with Gasteiger partial charge in [0.15, 0.2) is 13.2 Å². The predicted molar refractivity (Wildman–Crippen MR) is 94.1 cm³/mol. The van der Waals surface area contributed by atoms with Gasteiger partial charge in [0.25, 0.3) is 0 Å². The van der Waals surface area contributed by atoms with Crippen LogP contribution < -0.4 is 14.4 Å². The van der Waals surface area contributed by atoms with Gasteiger partial charge in [-0.05, 0) is 38.1 Å². The molecule has 0 atom stereocenters. The molecule has 5 nitrogen and oxygen atoms in total. The van der Waals surface area contributed by atoms with Gasteiger partial charge in [0.05, 0.1) is 5.69 Å². The van der Waals surface area contributed by atoms with Gasteiger partial charge in [-0.2, -0.15) is 26.3 Å². The van der Waals surface area contributed by atoms with Crippen molar-refractivity contribution in [3.63, 3.8) is 0 Å². The van der Waals surface area contributed by atoms with E-state index in [1.54, 1.807) is 0 Å². The van der Waals surface area contributed by atoms with Crippen molar-refractivity contribution in [1.82, 2.24) is 9.97 Å². The molecule has 0 saturated carbocycles. The Balaban J connectivity index is 2.43. The SMILES string of the molecule is CCN(CC)c1nccc(-c2cc(OCC(F)(F)F)ccc2OCC(F)(F)F)n1. The van der Waals surface area contributed by atoms with Crippen LogP contribution in [0.3, 0.4) is 0 Å². The van der Waals surface area contributed by atoms with Gasteiger partial charge in [0.2, 0.25) is 5.95 Å². The highest BCUT2D eigenvalue weighted by molar-refractivity contribution is 5.69. The minimum atomic E-state index is -4.58. The van der Waals surface area contributed by atoms with Gasteiger partial charge in [-0.15, -0.1) is 0 Å². The Kier molecular flexibility index (Phi) is 7.15. The molecule has 0 aliphatic heterocycles. The molecule has 160 valence electrons. The lowest BCUT2D eigenvalue weighted by atomic mass is 10.1. The van der Waals surface area contributed by atoms with Gasteiger partial charge in [-0.3, -0.25) is 0 Å². The highest BCUT2D eigenvalue weighted by Gasteiger charge is 2.30. The third kappa shape index (κ3) is 6.99. The van der Waals surface area contributed by atoms with Crippen LogP contribution in [-0.2, 0) is 0 Å². The van der Waals surface area contributed by atoms with Crippen molar-refractivity contribution < 1.29 is 35.8 Å². The number of benzene rings is 1. The summed E-state index contributed by atoms with van der Waals surface area (Å²) >= 11 is 0. The van der Waals surface area contributed by atoms with E-state index in [1.165, 1.54) is 12.3 Å². The van der Waals surface area contributed by atoms with Crippen molar-refractivity contribution >= 4 is 5.95 Å². The molecule has 0 radical (unpaired) electrons. The smallest absolute Gasteiger partial charge is 0.422 e. The van der Waals surface area contributed by atoms with Crippen molar-refractivity contribution in [2.24, 2.45) is 0 Å². The Hall–Kier alpha value is -2.72. The molecule has 1 heterocycles. The van der Waals surface area contributed by atoms with Crippen LogP contribution >= 0.6 is 0 Å². The molecule has 29 heavy (non-hydrogen) atoms. The van der Waals surface area contributed by atoms with Crippen LogP contribution in [0, 0.1) is 0 Å². The van der Waals surface area contributed by atoms with Crippen LogP contribution in [0.5, 0.6) is 11.5 Å². The normalized spacial score (nSPS) is 12.0. The van der Waals surface area contributed by atoms with Crippen molar-refractivity contribution in [2.75, 3.05) is 31.2 Å². The van der Waals surface area contributed by atoms with Crippen molar-refractivity contribution in [2.45, 2.75) is 26.2 Å². The molecule has 1 aromatic carbocycles. The van der Waals surface area contributed by atoms with E-state index in [2.05, 4.69) is 9.97 Å². The van der Waals surface area contributed by atoms with Gasteiger partial charge >= 0.3 is 12.4 Å². The van der Waals surface area contributed by atoms with E-state index >= 15 is 0 Å². The summed E-state index contributed by atoms with van der Waals surface area (Å²) in [4.78, 5) is 10.3. The molecule has 0 N–H and O–H groups in total. The lowest BCUT2D eigenvalue weighted by Crippen LogP contribution is -2.24. The Morgan fingerprint density at radius 2 is 1.52 bits per heavy atom. The van der Waals surface area contributed by atoms with E-state index < -0.39 is 25.6 Å². The number of ether oxygens (including phenoxy) is 2. The molecule has 2 rings (SSSR count). The van der Waals surface area contributed by atoms with Crippen LogP contribution in [0.1, 0.15) is 13.8 Å². The van der Waals surface area contributed by atoms with Gasteiger partial charge in [0, 0.05) is 24.8 Å². The highest BCUT2D eigenvalue weighted by Crippen LogP contribution is 2.34. The summed E-state index contributed by atoms with van der Waals surface area (Å²) < 4.78 is 84.5. The molecule has 0 saturated heterocycles. The largest absolute Gasteiger partial charge is 0.484 e. The first-order valence-electron chi connectivity index (χ1n) is 8.64. The fraction of sp³-hybridized carbons (Fsp3) is 0.444. The quantitative estimate of drug-likeness (QED) is 0.567. The van der Waals surface area contributed by atoms with Crippen LogP contribution in [-0.4, -0.2) is 48.6 Å². The number of rotatable bonds is 8. The van der Waals surface area contributed by atoms with Gasteiger partial charge in [-0.25, -0.2) is 9.97 Å². The first-order valence-corrected chi connectivity index (χ1v) is 8.64. The molecule has 0 fully saturated rings. The summed E-state index contributed by atoms with van der Waals surface area (Å²) in [6.07, 6.45) is -7.73. The lowest BCUT2D eigenvalue weighted by molar-refractivity contribution is -0.154. The third-order valence-corrected chi connectivity index (χ3v) is 3.71. The van der Waals surface area contributed by atoms with E-state index in [9.17, 15) is 26.3 Å². The van der Waals surface area contributed by atoms with Crippen LogP contribution in [0.2, 0.25) is 0 Å². The summed E-state index contributed by atoms with van der Waals surface area (Å²) in [5.74, 6) is -0.0403. The second-order valence-electron chi connectivity index (χ2n) is 5.88. The van der Waals surface area contributed by atoms with E-state index in [1.807, 2.05) is 18.7 Å². The maximum Gasteiger partial charge on any atom is 0.422 e. The summed E-state index contributed by atoms with van der Waals surface area (Å²) in [5.41, 5.74) is 0.251. The maximum absolute atomic E-state index is 12.6. The third-order valence-electron chi connectivity index (χ3n) is 3.71. The number of hydrogen-bond donors (Lipinski definition) is 0. The maximum atomic E-state index is 12.6. The Bertz CT molecular complexity index is 807. The molecular weight excluding hydrogens is 404 g/mol. The number of aromatic nitrogens is 2. The van der Waals surface area contributed by atoms with Crippen LogP contribution in [0.15, 0.2) is 30.5 Å². The highest BCUT2D eigenvalue weighted by atomic mass is 19.4. The average Bonchev–Trinajstić information content (AvgIpc) is 2.65. The number of halogens is 6. The molecule has 0 aliphatic rings. The van der Waals surface area contributed by atoms with Gasteiger partial charge < -0.3 is 14.4 Å². The number of nitrogens with zero attached hydrogens (tertiary/aromatic N) is 3. The topological polar surface area (TPSA) is 47.5 Å². The second kappa shape index (κ2) is 9.19. The summed E-state index contributed by atoms with van der Waals surface area (Å²) in [7, 11) is 0. The zero-order valence-electron chi connectivity index (χ0n) is 15.6. The predicted octanol–water partition coefficient (Wildman–Crippen LogP) is 4.87. The molecule has 11 heteroatoms. The minimum absolute atomic E-state index is 0.0599. The van der Waals surface area contributed by atoms with Crippen molar-refractivity contribution in [3.05, 3.63) is 30.5 Å². The van der Waals surface area contributed by atoms with Gasteiger partial charge in [-0.1, -0.05) is 0 Å². The average molecular weight is 423 g/mol.